The summed E-state index contributed by atoms with van der Waals surface area (Å²) < 4.78 is 5.47. The minimum atomic E-state index is 0.858. The quantitative estimate of drug-likeness (QED) is 0.621. The van der Waals surface area contributed by atoms with Gasteiger partial charge >= 0.3 is 0 Å². The minimum Gasteiger partial charge on any atom is -0.381 e. The Labute approximate surface area is 86.3 Å². The summed E-state index contributed by atoms with van der Waals surface area (Å²) >= 11 is 0. The summed E-state index contributed by atoms with van der Waals surface area (Å²) in [6.45, 7) is 3.94. The maximum Gasteiger partial charge on any atom is 0.0469 e. The molecule has 1 heterocycles. The van der Waals surface area contributed by atoms with Gasteiger partial charge in [0.1, 0.15) is 0 Å². The highest BCUT2D eigenvalue weighted by Crippen LogP contribution is 1.98. The molecule has 0 atom stereocenters. The summed E-state index contributed by atoms with van der Waals surface area (Å²) in [6, 6.07) is 6.04. The second-order valence-electron chi connectivity index (χ2n) is 3.39. The molecule has 14 heavy (non-hydrogen) atoms. The van der Waals surface area contributed by atoms with E-state index in [1.807, 2.05) is 18.3 Å². The molecule has 0 aliphatic rings. The number of hydrogen-bond donors (Lipinski definition) is 0. The van der Waals surface area contributed by atoms with Gasteiger partial charge in [-0.2, -0.15) is 0 Å². The first-order valence-corrected chi connectivity index (χ1v) is 5.41. The number of rotatable bonds is 7. The highest BCUT2D eigenvalue weighted by atomic mass is 16.5. The van der Waals surface area contributed by atoms with Gasteiger partial charge in [0.2, 0.25) is 0 Å². The van der Waals surface area contributed by atoms with Crippen molar-refractivity contribution in [1.29, 1.82) is 0 Å². The second kappa shape index (κ2) is 7.51. The molecule has 1 rings (SSSR count). The summed E-state index contributed by atoms with van der Waals surface area (Å²) in [7, 11) is 0. The molecule has 0 amide bonds. The van der Waals surface area contributed by atoms with Crippen molar-refractivity contribution in [3.05, 3.63) is 30.1 Å². The zero-order valence-corrected chi connectivity index (χ0v) is 8.91. The molecule has 0 fully saturated rings. The van der Waals surface area contributed by atoms with Gasteiger partial charge in [0.05, 0.1) is 0 Å². The third kappa shape index (κ3) is 4.97. The van der Waals surface area contributed by atoms with Crippen molar-refractivity contribution in [1.82, 2.24) is 4.98 Å². The average Bonchev–Trinajstić information content (AvgIpc) is 2.25. The number of unbranched alkanes of at least 4 members (excludes halogenated alkanes) is 1. The van der Waals surface area contributed by atoms with Gasteiger partial charge in [0, 0.05) is 25.1 Å². The van der Waals surface area contributed by atoms with Crippen LogP contribution in [-0.4, -0.2) is 18.2 Å². The Morgan fingerprint density at radius 1 is 1.21 bits per heavy atom. The average molecular weight is 193 g/mol. The number of pyridine rings is 1. The highest BCUT2D eigenvalue weighted by molar-refractivity contribution is 5.03. The molecular formula is C12H19NO. The van der Waals surface area contributed by atoms with Crippen LogP contribution in [0.5, 0.6) is 0 Å². The van der Waals surface area contributed by atoms with E-state index in [0.29, 0.717) is 0 Å². The van der Waals surface area contributed by atoms with Crippen LogP contribution >= 0.6 is 0 Å². The number of aromatic nitrogens is 1. The predicted octanol–water partition coefficient (Wildman–Crippen LogP) is 2.83. The van der Waals surface area contributed by atoms with E-state index in [4.69, 9.17) is 4.74 Å². The van der Waals surface area contributed by atoms with E-state index in [9.17, 15) is 0 Å². The fraction of sp³-hybridized carbons (Fsp3) is 0.583. The lowest BCUT2D eigenvalue weighted by Crippen LogP contribution is -1.99. The van der Waals surface area contributed by atoms with Crippen LogP contribution in [0.2, 0.25) is 0 Å². The molecule has 1 aromatic rings. The first-order valence-electron chi connectivity index (χ1n) is 5.41. The van der Waals surface area contributed by atoms with Crippen molar-refractivity contribution >= 4 is 0 Å². The molecule has 0 saturated heterocycles. The summed E-state index contributed by atoms with van der Waals surface area (Å²) in [4.78, 5) is 4.26. The van der Waals surface area contributed by atoms with Gasteiger partial charge in [-0.1, -0.05) is 19.4 Å². The van der Waals surface area contributed by atoms with Crippen LogP contribution in [0, 0.1) is 0 Å². The normalized spacial score (nSPS) is 10.4. The van der Waals surface area contributed by atoms with E-state index < -0.39 is 0 Å². The Balaban J connectivity index is 1.99. The Bertz CT molecular complexity index is 223. The molecule has 2 heteroatoms. The molecule has 0 unspecified atom stereocenters. The number of hydrogen-bond acceptors (Lipinski definition) is 2. The molecule has 0 aromatic carbocycles. The lowest BCUT2D eigenvalue weighted by atomic mass is 10.2. The van der Waals surface area contributed by atoms with Crippen molar-refractivity contribution in [3.63, 3.8) is 0 Å². The van der Waals surface area contributed by atoms with Crippen molar-refractivity contribution < 1.29 is 4.74 Å². The first-order chi connectivity index (χ1) is 6.93. The summed E-state index contributed by atoms with van der Waals surface area (Å²) in [5.74, 6) is 0. The van der Waals surface area contributed by atoms with E-state index >= 15 is 0 Å². The maximum atomic E-state index is 5.47. The van der Waals surface area contributed by atoms with Gasteiger partial charge in [-0.25, -0.2) is 0 Å². The molecule has 78 valence electrons. The second-order valence-corrected chi connectivity index (χ2v) is 3.39. The molecular weight excluding hydrogens is 174 g/mol. The third-order valence-electron chi connectivity index (χ3n) is 2.09. The van der Waals surface area contributed by atoms with E-state index in [1.54, 1.807) is 0 Å². The van der Waals surface area contributed by atoms with Crippen molar-refractivity contribution in [3.8, 4) is 0 Å². The van der Waals surface area contributed by atoms with E-state index in [0.717, 1.165) is 31.7 Å². The van der Waals surface area contributed by atoms with Crippen molar-refractivity contribution in [2.75, 3.05) is 13.2 Å². The van der Waals surface area contributed by atoms with Crippen LogP contribution < -0.4 is 0 Å². The highest BCUT2D eigenvalue weighted by Gasteiger charge is 1.93. The molecule has 0 spiro atoms. The summed E-state index contributed by atoms with van der Waals surface area (Å²) in [5.41, 5.74) is 1.16. The molecule has 0 saturated carbocycles. The Hall–Kier alpha value is -0.890. The molecule has 0 aliphatic heterocycles. The van der Waals surface area contributed by atoms with Gasteiger partial charge in [0.25, 0.3) is 0 Å². The van der Waals surface area contributed by atoms with Crippen LogP contribution in [0.1, 0.15) is 31.9 Å². The largest absolute Gasteiger partial charge is 0.381 e. The standard InChI is InChI=1S/C12H19NO/c1-2-3-10-14-11-6-8-12-7-4-5-9-13-12/h4-5,7,9H,2-3,6,8,10-11H2,1H3. The van der Waals surface area contributed by atoms with E-state index in [1.165, 1.54) is 12.8 Å². The van der Waals surface area contributed by atoms with Crippen molar-refractivity contribution in [2.24, 2.45) is 0 Å². The first kappa shape index (κ1) is 11.2. The van der Waals surface area contributed by atoms with Crippen LogP contribution in [0.4, 0.5) is 0 Å². The molecule has 1 aromatic heterocycles. The van der Waals surface area contributed by atoms with Gasteiger partial charge in [-0.05, 0) is 31.4 Å². The monoisotopic (exact) mass is 193 g/mol. The lowest BCUT2D eigenvalue weighted by molar-refractivity contribution is 0.129. The fourth-order valence-corrected chi connectivity index (χ4v) is 1.25. The topological polar surface area (TPSA) is 22.1 Å². The SMILES string of the molecule is CCCCOCCCc1ccccn1. The van der Waals surface area contributed by atoms with Crippen LogP contribution in [-0.2, 0) is 11.2 Å². The van der Waals surface area contributed by atoms with Gasteiger partial charge in [-0.15, -0.1) is 0 Å². The Kier molecular flexibility index (Phi) is 6.00. The third-order valence-corrected chi connectivity index (χ3v) is 2.09. The number of aryl methyl sites for hydroxylation is 1. The van der Waals surface area contributed by atoms with Crippen LogP contribution in [0.3, 0.4) is 0 Å². The fourth-order valence-electron chi connectivity index (χ4n) is 1.25. The molecule has 2 nitrogen and oxygen atoms in total. The molecule has 0 radical (unpaired) electrons. The number of nitrogens with zero attached hydrogens (tertiary/aromatic N) is 1. The van der Waals surface area contributed by atoms with E-state index in [2.05, 4.69) is 18.0 Å². The van der Waals surface area contributed by atoms with Gasteiger partial charge < -0.3 is 4.74 Å². The smallest absolute Gasteiger partial charge is 0.0469 e. The zero-order valence-electron chi connectivity index (χ0n) is 8.91. The Morgan fingerprint density at radius 3 is 2.79 bits per heavy atom. The van der Waals surface area contributed by atoms with Gasteiger partial charge in [-0.3, -0.25) is 4.98 Å². The van der Waals surface area contributed by atoms with Crippen LogP contribution in [0.15, 0.2) is 24.4 Å². The number of ether oxygens (including phenoxy) is 1. The van der Waals surface area contributed by atoms with Gasteiger partial charge in [0.15, 0.2) is 0 Å². The van der Waals surface area contributed by atoms with E-state index in [-0.39, 0.29) is 0 Å². The summed E-state index contributed by atoms with van der Waals surface area (Å²) in [5, 5.41) is 0. The maximum absolute atomic E-state index is 5.47. The summed E-state index contributed by atoms with van der Waals surface area (Å²) in [6.07, 6.45) is 6.31. The Morgan fingerprint density at radius 2 is 2.07 bits per heavy atom. The molecule has 0 bridgehead atoms. The minimum absolute atomic E-state index is 0.858. The molecule has 0 N–H and O–H groups in total. The lowest BCUT2D eigenvalue weighted by Gasteiger charge is -2.02. The predicted molar refractivity (Wildman–Crippen MR) is 58.3 cm³/mol. The van der Waals surface area contributed by atoms with Crippen molar-refractivity contribution in [2.45, 2.75) is 32.6 Å². The zero-order chi connectivity index (χ0) is 10.1. The van der Waals surface area contributed by atoms with Crippen LogP contribution in [0.25, 0.3) is 0 Å². The molecule has 0 aliphatic carbocycles.